The molecule has 2 aromatic heterocycles. The highest BCUT2D eigenvalue weighted by Crippen LogP contribution is 2.33. The first-order chi connectivity index (χ1) is 18.0. The fraction of sp³-hybridized carbons (Fsp3) is 0.222. The van der Waals surface area contributed by atoms with Crippen LogP contribution in [0, 0.1) is 11.6 Å². The van der Waals surface area contributed by atoms with Crippen molar-refractivity contribution in [1.82, 2.24) is 20.2 Å². The molecule has 0 radical (unpaired) electrons. The number of carbonyl (C=O) groups is 1. The molecule has 5 rings (SSSR count). The Kier molecular flexibility index (Phi) is 7.36. The lowest BCUT2D eigenvalue weighted by Gasteiger charge is -2.21. The highest BCUT2D eigenvalue weighted by atomic mass is 19.1. The second-order valence-corrected chi connectivity index (χ2v) is 8.52. The quantitative estimate of drug-likeness (QED) is 0.344. The van der Waals surface area contributed by atoms with Crippen LogP contribution in [0.1, 0.15) is 33.2 Å². The van der Waals surface area contributed by atoms with Crippen LogP contribution in [0.25, 0.3) is 0 Å². The van der Waals surface area contributed by atoms with Crippen LogP contribution in [0.5, 0.6) is 11.5 Å². The largest absolute Gasteiger partial charge is 0.454 e. The van der Waals surface area contributed by atoms with E-state index in [1.807, 2.05) is 41.3 Å². The molecule has 0 saturated heterocycles. The average molecular weight is 507 g/mol. The van der Waals surface area contributed by atoms with E-state index in [1.165, 1.54) is 18.4 Å². The molecule has 0 saturated carbocycles. The summed E-state index contributed by atoms with van der Waals surface area (Å²) in [6, 6.07) is 14.6. The zero-order valence-electron chi connectivity index (χ0n) is 19.8. The minimum Gasteiger partial charge on any atom is -0.454 e. The molecule has 8 nitrogen and oxygen atoms in total. The van der Waals surface area contributed by atoms with Crippen LogP contribution in [0.4, 0.5) is 8.78 Å². The zero-order chi connectivity index (χ0) is 25.6. The second kappa shape index (κ2) is 11.2. The lowest BCUT2D eigenvalue weighted by molar-refractivity contribution is 0.0949. The summed E-state index contributed by atoms with van der Waals surface area (Å²) in [5.74, 6) is -0.0699. The maximum atomic E-state index is 14.4. The highest BCUT2D eigenvalue weighted by Gasteiger charge is 2.19. The number of oxazole rings is 1. The van der Waals surface area contributed by atoms with E-state index in [2.05, 4.69) is 15.3 Å². The standard InChI is InChI=1S/C27H24F2N4O4/c28-20-6-5-19(22(29)12-20)14-33(13-18-4-7-24-25(11-18)37-17-36-24)15-26-32-23(16-35-26)27(34)31-10-8-21-3-1-2-9-30-21/h1-7,9,11-12,16H,8,10,13-15,17H2,(H,31,34). The maximum absolute atomic E-state index is 14.4. The van der Waals surface area contributed by atoms with Crippen LogP contribution in [0.15, 0.2) is 71.5 Å². The van der Waals surface area contributed by atoms with Crippen molar-refractivity contribution in [3.63, 3.8) is 0 Å². The molecule has 3 heterocycles. The Bertz CT molecular complexity index is 1380. The SMILES string of the molecule is O=C(NCCc1ccccn1)c1coc(CN(Cc2ccc3c(c2)OCO3)Cc2ccc(F)cc2F)n1. The first-order valence-electron chi connectivity index (χ1n) is 11.7. The number of hydrogen-bond acceptors (Lipinski definition) is 7. The van der Waals surface area contributed by atoms with Crippen LogP contribution in [-0.2, 0) is 26.1 Å². The van der Waals surface area contributed by atoms with Crippen LogP contribution in [-0.4, -0.2) is 34.1 Å². The lowest BCUT2D eigenvalue weighted by Crippen LogP contribution is -2.26. The number of amides is 1. The third-order valence-corrected chi connectivity index (χ3v) is 5.79. The maximum Gasteiger partial charge on any atom is 0.273 e. The minimum absolute atomic E-state index is 0.145. The number of halogens is 2. The van der Waals surface area contributed by atoms with Gasteiger partial charge in [-0.15, -0.1) is 0 Å². The van der Waals surface area contributed by atoms with Crippen molar-refractivity contribution in [3.05, 3.63) is 107 Å². The van der Waals surface area contributed by atoms with E-state index in [-0.39, 0.29) is 37.4 Å². The van der Waals surface area contributed by atoms with E-state index in [9.17, 15) is 13.6 Å². The van der Waals surface area contributed by atoms with Crippen LogP contribution in [0.3, 0.4) is 0 Å². The molecule has 37 heavy (non-hydrogen) atoms. The minimum atomic E-state index is -0.644. The number of aromatic nitrogens is 2. The Morgan fingerprint density at radius 2 is 1.89 bits per heavy atom. The first kappa shape index (κ1) is 24.4. The summed E-state index contributed by atoms with van der Waals surface area (Å²) in [6.45, 7) is 1.30. The van der Waals surface area contributed by atoms with Gasteiger partial charge >= 0.3 is 0 Å². The topological polar surface area (TPSA) is 89.7 Å². The summed E-state index contributed by atoms with van der Waals surface area (Å²) in [6.07, 6.45) is 3.58. The molecule has 0 fully saturated rings. The van der Waals surface area contributed by atoms with Gasteiger partial charge in [0.2, 0.25) is 12.7 Å². The van der Waals surface area contributed by atoms with E-state index in [1.54, 1.807) is 6.20 Å². The predicted molar refractivity (Wildman–Crippen MR) is 129 cm³/mol. The van der Waals surface area contributed by atoms with Gasteiger partial charge in [-0.2, -0.15) is 0 Å². The summed E-state index contributed by atoms with van der Waals surface area (Å²) in [5.41, 5.74) is 2.23. The van der Waals surface area contributed by atoms with Gasteiger partial charge in [0.15, 0.2) is 17.2 Å². The van der Waals surface area contributed by atoms with Gasteiger partial charge in [0.25, 0.3) is 5.91 Å². The molecule has 2 aromatic carbocycles. The summed E-state index contributed by atoms with van der Waals surface area (Å²) < 4.78 is 44.2. The van der Waals surface area contributed by atoms with Crippen molar-refractivity contribution in [2.45, 2.75) is 26.1 Å². The third kappa shape index (κ3) is 6.28. The molecule has 10 heteroatoms. The first-order valence-corrected chi connectivity index (χ1v) is 11.7. The number of nitrogens with zero attached hydrogens (tertiary/aromatic N) is 3. The van der Waals surface area contributed by atoms with Gasteiger partial charge in [0.05, 0.1) is 6.54 Å². The van der Waals surface area contributed by atoms with Gasteiger partial charge in [-0.25, -0.2) is 13.8 Å². The smallest absolute Gasteiger partial charge is 0.273 e. The van der Waals surface area contributed by atoms with Crippen molar-refractivity contribution in [2.24, 2.45) is 0 Å². The number of fused-ring (bicyclic) bond motifs is 1. The molecule has 1 N–H and O–H groups in total. The van der Waals surface area contributed by atoms with E-state index in [0.29, 0.717) is 36.6 Å². The van der Waals surface area contributed by atoms with Gasteiger partial charge in [-0.05, 0) is 35.9 Å². The number of carbonyl (C=O) groups excluding carboxylic acids is 1. The number of pyridine rings is 1. The number of rotatable bonds is 10. The van der Waals surface area contributed by atoms with Crippen molar-refractivity contribution in [1.29, 1.82) is 0 Å². The fourth-order valence-electron chi connectivity index (χ4n) is 3.98. The molecule has 190 valence electrons. The molecule has 0 bridgehead atoms. The van der Waals surface area contributed by atoms with Crippen LogP contribution in [0.2, 0.25) is 0 Å². The molecule has 1 aliphatic heterocycles. The molecule has 1 amide bonds. The van der Waals surface area contributed by atoms with Gasteiger partial charge < -0.3 is 19.2 Å². The van der Waals surface area contributed by atoms with Crippen molar-refractivity contribution < 1.29 is 27.5 Å². The van der Waals surface area contributed by atoms with Crippen molar-refractivity contribution in [2.75, 3.05) is 13.3 Å². The Morgan fingerprint density at radius 3 is 2.73 bits per heavy atom. The van der Waals surface area contributed by atoms with Gasteiger partial charge in [-0.3, -0.25) is 14.7 Å². The van der Waals surface area contributed by atoms with E-state index < -0.39 is 11.6 Å². The molecule has 1 aliphatic rings. The molecule has 0 aliphatic carbocycles. The molecule has 0 spiro atoms. The average Bonchev–Trinajstić information content (AvgIpc) is 3.56. The lowest BCUT2D eigenvalue weighted by atomic mass is 10.1. The molecule has 4 aromatic rings. The predicted octanol–water partition coefficient (Wildman–Crippen LogP) is 4.25. The molecular weight excluding hydrogens is 482 g/mol. The molecular formula is C27H24F2N4O4. The van der Waals surface area contributed by atoms with Crippen molar-refractivity contribution in [3.8, 4) is 11.5 Å². The Morgan fingerprint density at radius 1 is 1.00 bits per heavy atom. The van der Waals surface area contributed by atoms with Crippen molar-refractivity contribution >= 4 is 5.91 Å². The normalized spacial score (nSPS) is 12.2. The Hall–Kier alpha value is -4.31. The number of ether oxygens (including phenoxy) is 2. The Balaban J connectivity index is 1.26. The van der Waals surface area contributed by atoms with E-state index in [0.717, 1.165) is 17.3 Å². The fourth-order valence-corrected chi connectivity index (χ4v) is 3.98. The number of nitrogens with one attached hydrogen (secondary N) is 1. The molecule has 0 atom stereocenters. The highest BCUT2D eigenvalue weighted by molar-refractivity contribution is 5.91. The van der Waals surface area contributed by atoms with Crippen LogP contribution < -0.4 is 14.8 Å². The Labute approximate surface area is 211 Å². The zero-order valence-corrected chi connectivity index (χ0v) is 19.8. The summed E-state index contributed by atoms with van der Waals surface area (Å²) in [4.78, 5) is 22.9. The summed E-state index contributed by atoms with van der Waals surface area (Å²) in [5, 5.41) is 2.80. The van der Waals surface area contributed by atoms with E-state index >= 15 is 0 Å². The van der Waals surface area contributed by atoms with Gasteiger partial charge in [0.1, 0.15) is 17.9 Å². The van der Waals surface area contributed by atoms with Gasteiger partial charge in [0, 0.05) is 49.6 Å². The van der Waals surface area contributed by atoms with Crippen LogP contribution >= 0.6 is 0 Å². The summed E-state index contributed by atoms with van der Waals surface area (Å²) >= 11 is 0. The second-order valence-electron chi connectivity index (χ2n) is 8.52. The third-order valence-electron chi connectivity index (χ3n) is 5.79. The van der Waals surface area contributed by atoms with E-state index in [4.69, 9.17) is 13.9 Å². The monoisotopic (exact) mass is 506 g/mol. The number of benzene rings is 2. The number of hydrogen-bond donors (Lipinski definition) is 1. The van der Waals surface area contributed by atoms with Gasteiger partial charge in [-0.1, -0.05) is 18.2 Å². The summed E-state index contributed by atoms with van der Waals surface area (Å²) in [7, 11) is 0. The molecule has 0 unspecified atom stereocenters.